The van der Waals surface area contributed by atoms with Gasteiger partial charge in [-0.3, -0.25) is 14.4 Å². The van der Waals surface area contributed by atoms with Gasteiger partial charge in [0.15, 0.2) is 6.61 Å². The van der Waals surface area contributed by atoms with Crippen molar-refractivity contribution in [3.05, 3.63) is 66.2 Å². The molecular weight excluding hydrogens is 408 g/mol. The van der Waals surface area contributed by atoms with Gasteiger partial charge in [-0.15, -0.1) is 0 Å². The number of hydrogen-bond acceptors (Lipinski definition) is 5. The molecule has 0 radical (unpaired) electrons. The number of ether oxygens (including phenoxy) is 1. The van der Waals surface area contributed by atoms with E-state index in [-0.39, 0.29) is 24.8 Å². The third kappa shape index (κ3) is 7.16. The molecule has 0 atom stereocenters. The molecule has 1 aliphatic heterocycles. The summed E-state index contributed by atoms with van der Waals surface area (Å²) in [5.74, 6) is -0.235. The van der Waals surface area contributed by atoms with Crippen LogP contribution in [0.15, 0.2) is 60.7 Å². The van der Waals surface area contributed by atoms with Gasteiger partial charge in [0, 0.05) is 50.9 Å². The number of carbonyl (C=O) groups is 3. The van der Waals surface area contributed by atoms with Crippen molar-refractivity contribution in [3.63, 3.8) is 0 Å². The predicted molar refractivity (Wildman–Crippen MR) is 123 cm³/mol. The standard InChI is InChI=1S/C24H28N4O4/c25-22(29)18-32-21-9-6-19(7-10-21)8-11-23(30)26-13-12-24(31)28-16-14-27(15-17-28)20-4-2-1-3-5-20/h1-11H,12-18H2,(H2,25,29)(H,26,30)/b11-8+. The number of hydrogen-bond donors (Lipinski definition) is 2. The van der Waals surface area contributed by atoms with Crippen molar-refractivity contribution in [2.75, 3.05) is 44.2 Å². The monoisotopic (exact) mass is 436 g/mol. The summed E-state index contributed by atoms with van der Waals surface area (Å²) in [5.41, 5.74) is 7.01. The fraction of sp³-hybridized carbons (Fsp3) is 0.292. The SMILES string of the molecule is NC(=O)COc1ccc(/C=C/C(=O)NCCC(=O)N2CCN(c3ccccc3)CC2)cc1. The largest absolute Gasteiger partial charge is 0.484 e. The van der Waals surface area contributed by atoms with Crippen LogP contribution in [0, 0.1) is 0 Å². The van der Waals surface area contributed by atoms with E-state index in [4.69, 9.17) is 10.5 Å². The van der Waals surface area contributed by atoms with Crippen molar-refractivity contribution >= 4 is 29.5 Å². The molecule has 168 valence electrons. The maximum atomic E-state index is 12.4. The van der Waals surface area contributed by atoms with Crippen molar-refractivity contribution in [1.29, 1.82) is 0 Å². The van der Waals surface area contributed by atoms with E-state index >= 15 is 0 Å². The molecule has 0 unspecified atom stereocenters. The number of anilines is 1. The maximum absolute atomic E-state index is 12.4. The van der Waals surface area contributed by atoms with Gasteiger partial charge in [0.2, 0.25) is 11.8 Å². The van der Waals surface area contributed by atoms with Gasteiger partial charge in [-0.2, -0.15) is 0 Å². The van der Waals surface area contributed by atoms with Gasteiger partial charge in [0.05, 0.1) is 0 Å². The average molecular weight is 437 g/mol. The number of nitrogens with one attached hydrogen (secondary N) is 1. The molecule has 1 aliphatic rings. The second-order valence-corrected chi connectivity index (χ2v) is 7.40. The second kappa shape index (κ2) is 11.5. The molecule has 8 heteroatoms. The molecule has 32 heavy (non-hydrogen) atoms. The molecule has 1 saturated heterocycles. The molecular formula is C24H28N4O4. The van der Waals surface area contributed by atoms with Gasteiger partial charge in [0.25, 0.3) is 5.91 Å². The fourth-order valence-corrected chi connectivity index (χ4v) is 3.36. The number of nitrogens with two attached hydrogens (primary N) is 1. The average Bonchev–Trinajstić information content (AvgIpc) is 2.82. The van der Waals surface area contributed by atoms with Gasteiger partial charge in [-0.05, 0) is 35.9 Å². The topological polar surface area (TPSA) is 105 Å². The number of nitrogens with zero attached hydrogens (tertiary/aromatic N) is 2. The smallest absolute Gasteiger partial charge is 0.255 e. The van der Waals surface area contributed by atoms with Crippen LogP contribution in [0.4, 0.5) is 5.69 Å². The molecule has 0 spiro atoms. The van der Waals surface area contributed by atoms with E-state index in [1.165, 1.54) is 11.8 Å². The van der Waals surface area contributed by atoms with Crippen molar-refractivity contribution in [2.24, 2.45) is 5.73 Å². The minimum Gasteiger partial charge on any atom is -0.484 e. The Hall–Kier alpha value is -3.81. The lowest BCUT2D eigenvalue weighted by Gasteiger charge is -2.36. The summed E-state index contributed by atoms with van der Waals surface area (Å²) in [7, 11) is 0. The molecule has 1 fully saturated rings. The second-order valence-electron chi connectivity index (χ2n) is 7.40. The first kappa shape index (κ1) is 22.9. The highest BCUT2D eigenvalue weighted by molar-refractivity contribution is 5.92. The molecule has 2 aromatic rings. The molecule has 8 nitrogen and oxygen atoms in total. The zero-order valence-corrected chi connectivity index (χ0v) is 17.9. The normalized spacial score (nSPS) is 13.8. The minimum absolute atomic E-state index is 0.0496. The van der Waals surface area contributed by atoms with Gasteiger partial charge >= 0.3 is 0 Å². The molecule has 3 N–H and O–H groups in total. The Morgan fingerprint density at radius 2 is 1.66 bits per heavy atom. The number of para-hydroxylation sites is 1. The summed E-state index contributed by atoms with van der Waals surface area (Å²) >= 11 is 0. The number of primary amides is 1. The highest BCUT2D eigenvalue weighted by Gasteiger charge is 2.20. The lowest BCUT2D eigenvalue weighted by Crippen LogP contribution is -2.49. The summed E-state index contributed by atoms with van der Waals surface area (Å²) in [6.45, 7) is 3.08. The van der Waals surface area contributed by atoms with E-state index in [9.17, 15) is 14.4 Å². The Bertz CT molecular complexity index is 936. The van der Waals surface area contributed by atoms with E-state index in [0.717, 1.165) is 18.7 Å². The van der Waals surface area contributed by atoms with Crippen molar-refractivity contribution in [2.45, 2.75) is 6.42 Å². The number of carbonyl (C=O) groups excluding carboxylic acids is 3. The molecule has 0 saturated carbocycles. The lowest BCUT2D eigenvalue weighted by atomic mass is 10.2. The van der Waals surface area contributed by atoms with Gasteiger partial charge in [-0.25, -0.2) is 0 Å². The molecule has 1 heterocycles. The highest BCUT2D eigenvalue weighted by Crippen LogP contribution is 2.16. The molecule has 0 bridgehead atoms. The van der Waals surface area contributed by atoms with Crippen LogP contribution < -0.4 is 20.7 Å². The van der Waals surface area contributed by atoms with Crippen LogP contribution in [-0.2, 0) is 14.4 Å². The van der Waals surface area contributed by atoms with Crippen LogP contribution >= 0.6 is 0 Å². The number of rotatable bonds is 9. The molecule has 3 amide bonds. The maximum Gasteiger partial charge on any atom is 0.255 e. The first-order chi connectivity index (χ1) is 15.5. The molecule has 0 aliphatic carbocycles. The third-order valence-electron chi connectivity index (χ3n) is 5.08. The predicted octanol–water partition coefficient (Wildman–Crippen LogP) is 1.42. The van der Waals surface area contributed by atoms with Crippen LogP contribution in [0.5, 0.6) is 5.75 Å². The van der Waals surface area contributed by atoms with E-state index in [1.54, 1.807) is 30.3 Å². The van der Waals surface area contributed by atoms with Gasteiger partial charge in [-0.1, -0.05) is 30.3 Å². The minimum atomic E-state index is -0.543. The quantitative estimate of drug-likeness (QED) is 0.579. The molecule has 0 aromatic heterocycles. The number of piperazine rings is 1. The van der Waals surface area contributed by atoms with Crippen LogP contribution in [0.25, 0.3) is 6.08 Å². The summed E-state index contributed by atoms with van der Waals surface area (Å²) in [6.07, 6.45) is 3.36. The van der Waals surface area contributed by atoms with Crippen LogP contribution in [0.3, 0.4) is 0 Å². The Morgan fingerprint density at radius 1 is 0.969 bits per heavy atom. The first-order valence-corrected chi connectivity index (χ1v) is 10.6. The molecule has 2 aromatic carbocycles. The van der Waals surface area contributed by atoms with Crippen molar-refractivity contribution < 1.29 is 19.1 Å². The zero-order valence-electron chi connectivity index (χ0n) is 17.9. The molecule has 3 rings (SSSR count). The van der Waals surface area contributed by atoms with E-state index in [1.807, 2.05) is 23.1 Å². The Labute approximate surface area is 187 Å². The Balaban J connectivity index is 1.34. The fourth-order valence-electron chi connectivity index (χ4n) is 3.36. The summed E-state index contributed by atoms with van der Waals surface area (Å²) in [5, 5.41) is 2.74. The van der Waals surface area contributed by atoms with E-state index in [0.29, 0.717) is 25.4 Å². The highest BCUT2D eigenvalue weighted by atomic mass is 16.5. The van der Waals surface area contributed by atoms with Crippen LogP contribution in [0.2, 0.25) is 0 Å². The Kier molecular flexibility index (Phi) is 8.25. The summed E-state index contributed by atoms with van der Waals surface area (Å²) < 4.78 is 5.19. The van der Waals surface area contributed by atoms with E-state index < -0.39 is 5.91 Å². The summed E-state index contributed by atoms with van der Waals surface area (Å²) in [4.78, 5) is 39.3. The number of amides is 3. The zero-order chi connectivity index (χ0) is 22.8. The third-order valence-corrected chi connectivity index (χ3v) is 5.08. The summed E-state index contributed by atoms with van der Waals surface area (Å²) in [6, 6.07) is 17.1. The van der Waals surface area contributed by atoms with Crippen LogP contribution in [0.1, 0.15) is 12.0 Å². The van der Waals surface area contributed by atoms with Gasteiger partial charge in [0.1, 0.15) is 5.75 Å². The van der Waals surface area contributed by atoms with Crippen LogP contribution in [-0.4, -0.2) is 62.0 Å². The van der Waals surface area contributed by atoms with E-state index in [2.05, 4.69) is 22.3 Å². The van der Waals surface area contributed by atoms with Gasteiger partial charge < -0.3 is 25.6 Å². The first-order valence-electron chi connectivity index (χ1n) is 10.6. The van der Waals surface area contributed by atoms with Crippen molar-refractivity contribution in [3.8, 4) is 5.75 Å². The Morgan fingerprint density at radius 3 is 2.31 bits per heavy atom. The van der Waals surface area contributed by atoms with Crippen molar-refractivity contribution in [1.82, 2.24) is 10.2 Å². The number of benzene rings is 2. The lowest BCUT2D eigenvalue weighted by molar-refractivity contribution is -0.131.